The number of hydrogen-bond donors (Lipinski definition) is 1. The lowest BCUT2D eigenvalue weighted by molar-refractivity contribution is -0.137. The van der Waals surface area contributed by atoms with Crippen molar-refractivity contribution in [2.75, 3.05) is 13.2 Å². The molecule has 0 amide bonds. The van der Waals surface area contributed by atoms with Crippen molar-refractivity contribution in [2.45, 2.75) is 32.6 Å². The number of rotatable bonds is 10. The lowest BCUT2D eigenvalue weighted by Gasteiger charge is -2.10. The van der Waals surface area contributed by atoms with Crippen LogP contribution in [0.3, 0.4) is 0 Å². The fourth-order valence-electron chi connectivity index (χ4n) is 2.92. The van der Waals surface area contributed by atoms with Crippen molar-refractivity contribution >= 4 is 17.0 Å². The Kier molecular flexibility index (Phi) is 6.30. The fourth-order valence-corrected chi connectivity index (χ4v) is 2.92. The van der Waals surface area contributed by atoms with E-state index < -0.39 is 5.97 Å². The lowest BCUT2D eigenvalue weighted by atomic mass is 10.2. The average Bonchev–Trinajstić information content (AvgIpc) is 3.02. The predicted molar refractivity (Wildman–Crippen MR) is 104 cm³/mol. The van der Waals surface area contributed by atoms with Gasteiger partial charge in [-0.25, -0.2) is 0 Å². The molecule has 0 spiro atoms. The molecule has 6 nitrogen and oxygen atoms in total. The summed E-state index contributed by atoms with van der Waals surface area (Å²) >= 11 is 0. The molecule has 0 fully saturated rings. The number of hydrogen-bond acceptors (Lipinski definition) is 4. The number of para-hydroxylation sites is 1. The molecule has 0 saturated carbocycles. The molecule has 0 unspecified atom stereocenters. The first kappa shape index (κ1) is 18.8. The molecule has 3 aromatic rings. The minimum atomic E-state index is -0.749. The predicted octanol–water partition coefficient (Wildman–Crippen LogP) is 4.45. The summed E-state index contributed by atoms with van der Waals surface area (Å²) in [5.41, 5.74) is 2.75. The number of imidazole rings is 1. The van der Waals surface area contributed by atoms with Crippen molar-refractivity contribution in [1.82, 2.24) is 9.55 Å². The number of fused-ring (bicyclic) bond motifs is 1. The first-order valence-electron chi connectivity index (χ1n) is 9.24. The van der Waals surface area contributed by atoms with Crippen molar-refractivity contribution in [3.63, 3.8) is 0 Å². The number of ether oxygens (including phenoxy) is 2. The zero-order valence-corrected chi connectivity index (χ0v) is 15.4. The largest absolute Gasteiger partial charge is 0.494 e. The Hall–Kier alpha value is -3.02. The van der Waals surface area contributed by atoms with E-state index in [9.17, 15) is 4.79 Å². The van der Waals surface area contributed by atoms with Gasteiger partial charge in [-0.3, -0.25) is 9.36 Å². The quantitative estimate of drug-likeness (QED) is 0.535. The van der Waals surface area contributed by atoms with Crippen molar-refractivity contribution in [2.24, 2.45) is 0 Å². The topological polar surface area (TPSA) is 73.6 Å². The third-order valence-electron chi connectivity index (χ3n) is 4.19. The number of aromatic nitrogens is 2. The standard InChI is InChI=1S/C21H24N2O4/c1-2-26-21-22-18-13-12-17(27-14-8-4-7-11-20(24)25)15-19(18)23(21)16-9-5-3-6-10-16/h3,5-6,9-10,12-13,15H,2,4,7-8,11,14H2,1H3,(H,24,25). The zero-order chi connectivity index (χ0) is 19.1. The highest BCUT2D eigenvalue weighted by Gasteiger charge is 2.14. The highest BCUT2D eigenvalue weighted by atomic mass is 16.5. The first-order chi connectivity index (χ1) is 13.2. The van der Waals surface area contributed by atoms with E-state index in [0.717, 1.165) is 35.3 Å². The smallest absolute Gasteiger partial charge is 0.303 e. The van der Waals surface area contributed by atoms with Crippen LogP contribution in [0.15, 0.2) is 48.5 Å². The molecule has 27 heavy (non-hydrogen) atoms. The third kappa shape index (κ3) is 4.78. The van der Waals surface area contributed by atoms with E-state index in [4.69, 9.17) is 14.6 Å². The van der Waals surface area contributed by atoms with Crippen LogP contribution < -0.4 is 9.47 Å². The van der Waals surface area contributed by atoms with Crippen LogP contribution in [0, 0.1) is 0 Å². The van der Waals surface area contributed by atoms with Crippen molar-refractivity contribution in [3.8, 4) is 17.4 Å². The number of unbranched alkanes of at least 4 members (excludes halogenated alkanes) is 2. The number of benzene rings is 2. The molecule has 3 rings (SSSR count). The molecular formula is C21H24N2O4. The van der Waals surface area contributed by atoms with Gasteiger partial charge in [0.25, 0.3) is 0 Å². The van der Waals surface area contributed by atoms with E-state index in [1.807, 2.05) is 60.0 Å². The van der Waals surface area contributed by atoms with E-state index in [-0.39, 0.29) is 6.42 Å². The summed E-state index contributed by atoms with van der Waals surface area (Å²) in [6, 6.07) is 16.3. The molecule has 0 bridgehead atoms. The maximum absolute atomic E-state index is 10.5. The van der Waals surface area contributed by atoms with Crippen LogP contribution in [0.5, 0.6) is 11.8 Å². The Morgan fingerprint density at radius 3 is 2.63 bits per heavy atom. The second-order valence-corrected chi connectivity index (χ2v) is 6.20. The van der Waals surface area contributed by atoms with E-state index in [2.05, 4.69) is 4.98 Å². The molecular weight excluding hydrogens is 344 g/mol. The fraction of sp³-hybridized carbons (Fsp3) is 0.333. The Morgan fingerprint density at radius 2 is 1.89 bits per heavy atom. The van der Waals surface area contributed by atoms with Gasteiger partial charge in [0.2, 0.25) is 0 Å². The second kappa shape index (κ2) is 9.07. The molecule has 0 aliphatic rings. The Balaban J connectivity index is 1.76. The van der Waals surface area contributed by atoms with Gasteiger partial charge >= 0.3 is 12.0 Å². The van der Waals surface area contributed by atoms with Crippen LogP contribution in [-0.4, -0.2) is 33.8 Å². The van der Waals surface area contributed by atoms with E-state index in [0.29, 0.717) is 25.6 Å². The highest BCUT2D eigenvalue weighted by Crippen LogP contribution is 2.29. The van der Waals surface area contributed by atoms with Crippen LogP contribution in [0.1, 0.15) is 32.6 Å². The van der Waals surface area contributed by atoms with Crippen molar-refractivity contribution in [1.29, 1.82) is 0 Å². The molecule has 0 radical (unpaired) electrons. The minimum absolute atomic E-state index is 0.211. The van der Waals surface area contributed by atoms with Gasteiger partial charge in [-0.2, -0.15) is 4.98 Å². The van der Waals surface area contributed by atoms with Crippen LogP contribution in [0.4, 0.5) is 0 Å². The molecule has 1 N–H and O–H groups in total. The Bertz CT molecular complexity index is 890. The summed E-state index contributed by atoms with van der Waals surface area (Å²) < 4.78 is 13.6. The van der Waals surface area contributed by atoms with Crippen molar-refractivity contribution < 1.29 is 19.4 Å². The van der Waals surface area contributed by atoms with Crippen LogP contribution in [0.2, 0.25) is 0 Å². The number of carbonyl (C=O) groups is 1. The Morgan fingerprint density at radius 1 is 1.07 bits per heavy atom. The first-order valence-corrected chi connectivity index (χ1v) is 9.24. The average molecular weight is 368 g/mol. The maximum Gasteiger partial charge on any atom is 0.303 e. The van der Waals surface area contributed by atoms with Crippen LogP contribution in [0.25, 0.3) is 16.7 Å². The second-order valence-electron chi connectivity index (χ2n) is 6.20. The van der Waals surface area contributed by atoms with E-state index in [1.54, 1.807) is 0 Å². The molecule has 2 aromatic carbocycles. The van der Waals surface area contributed by atoms with Crippen LogP contribution >= 0.6 is 0 Å². The summed E-state index contributed by atoms with van der Waals surface area (Å²) in [6.45, 7) is 3.03. The minimum Gasteiger partial charge on any atom is -0.494 e. The SMILES string of the molecule is CCOc1nc2ccc(OCCCCCC(=O)O)cc2n1-c1ccccc1. The van der Waals surface area contributed by atoms with Gasteiger partial charge in [-0.15, -0.1) is 0 Å². The summed E-state index contributed by atoms with van der Waals surface area (Å²) in [5, 5.41) is 8.66. The van der Waals surface area contributed by atoms with Gasteiger partial charge in [0.15, 0.2) is 0 Å². The number of aliphatic carboxylic acids is 1. The van der Waals surface area contributed by atoms with E-state index in [1.165, 1.54) is 0 Å². The molecule has 1 aromatic heterocycles. The van der Waals surface area contributed by atoms with Gasteiger partial charge < -0.3 is 14.6 Å². The van der Waals surface area contributed by atoms with Gasteiger partial charge in [0.1, 0.15) is 5.75 Å². The molecule has 142 valence electrons. The number of carboxylic acids is 1. The molecule has 0 saturated heterocycles. The van der Waals surface area contributed by atoms with Crippen LogP contribution in [-0.2, 0) is 4.79 Å². The third-order valence-corrected chi connectivity index (χ3v) is 4.19. The summed E-state index contributed by atoms with van der Waals surface area (Å²) in [6.07, 6.45) is 2.55. The lowest BCUT2D eigenvalue weighted by Crippen LogP contribution is -2.02. The molecule has 0 atom stereocenters. The summed E-state index contributed by atoms with van der Waals surface area (Å²) in [7, 11) is 0. The van der Waals surface area contributed by atoms with Gasteiger partial charge in [0.05, 0.1) is 29.9 Å². The van der Waals surface area contributed by atoms with Gasteiger partial charge in [-0.05, 0) is 50.5 Å². The molecule has 0 aliphatic carbocycles. The molecule has 1 heterocycles. The molecule has 0 aliphatic heterocycles. The van der Waals surface area contributed by atoms with Gasteiger partial charge in [0, 0.05) is 12.5 Å². The Labute approximate surface area is 158 Å². The summed E-state index contributed by atoms with van der Waals surface area (Å²) in [4.78, 5) is 15.1. The van der Waals surface area contributed by atoms with Gasteiger partial charge in [-0.1, -0.05) is 18.2 Å². The number of nitrogens with zero attached hydrogens (tertiary/aromatic N) is 2. The van der Waals surface area contributed by atoms with Crippen molar-refractivity contribution in [3.05, 3.63) is 48.5 Å². The molecule has 6 heteroatoms. The highest BCUT2D eigenvalue weighted by molar-refractivity contribution is 5.80. The number of carboxylic acid groups (broad SMARTS) is 1. The normalized spacial score (nSPS) is 10.9. The van der Waals surface area contributed by atoms with E-state index >= 15 is 0 Å². The maximum atomic E-state index is 10.5. The summed E-state index contributed by atoms with van der Waals surface area (Å²) in [5.74, 6) is 0.0153. The monoisotopic (exact) mass is 368 g/mol. The zero-order valence-electron chi connectivity index (χ0n) is 15.4.